The van der Waals surface area contributed by atoms with Gasteiger partial charge in [0.1, 0.15) is 0 Å². The summed E-state index contributed by atoms with van der Waals surface area (Å²) in [6, 6.07) is 7.05. The van der Waals surface area contributed by atoms with E-state index in [1.54, 1.807) is 18.3 Å². The molecule has 6 heteroatoms. The van der Waals surface area contributed by atoms with Gasteiger partial charge in [0, 0.05) is 29.0 Å². The van der Waals surface area contributed by atoms with Gasteiger partial charge in [-0.05, 0) is 19.1 Å². The Hall–Kier alpha value is -2.18. The minimum Gasteiger partial charge on any atom is -0.325 e. The number of nitrogens with one attached hydrogen (secondary N) is 1. The molecule has 0 bridgehead atoms. The van der Waals surface area contributed by atoms with Gasteiger partial charge in [0.15, 0.2) is 4.96 Å². The largest absolute Gasteiger partial charge is 0.325 e. The molecule has 0 aliphatic carbocycles. The van der Waals surface area contributed by atoms with Crippen molar-refractivity contribution in [3.63, 3.8) is 0 Å². The molecule has 20 heavy (non-hydrogen) atoms. The van der Waals surface area contributed by atoms with Gasteiger partial charge in [-0.15, -0.1) is 11.3 Å². The summed E-state index contributed by atoms with van der Waals surface area (Å²) in [7, 11) is 0. The Kier molecular flexibility index (Phi) is 3.25. The molecule has 5 nitrogen and oxygen atoms in total. The summed E-state index contributed by atoms with van der Waals surface area (Å²) in [6.07, 6.45) is 3.97. The maximum absolute atomic E-state index is 11.5. The summed E-state index contributed by atoms with van der Waals surface area (Å²) in [5, 5.41) is 4.75. The number of rotatable bonds is 3. The van der Waals surface area contributed by atoms with Crippen LogP contribution < -0.4 is 11.1 Å². The lowest BCUT2D eigenvalue weighted by atomic mass is 10.1. The molecule has 0 radical (unpaired) electrons. The Bertz CT molecular complexity index is 713. The van der Waals surface area contributed by atoms with E-state index in [1.807, 2.05) is 46.4 Å². The zero-order chi connectivity index (χ0) is 14.1. The Balaban J connectivity index is 1.82. The van der Waals surface area contributed by atoms with Crippen molar-refractivity contribution >= 4 is 27.9 Å². The summed E-state index contributed by atoms with van der Waals surface area (Å²) < 4.78 is 1.99. The third-order valence-electron chi connectivity index (χ3n) is 2.96. The lowest BCUT2D eigenvalue weighted by Crippen LogP contribution is -2.32. The Labute approximate surface area is 120 Å². The topological polar surface area (TPSA) is 72.4 Å². The van der Waals surface area contributed by atoms with Crippen LogP contribution in [0.15, 0.2) is 42.0 Å². The molecule has 2 heterocycles. The normalized spacial score (nSPS) is 12.5. The summed E-state index contributed by atoms with van der Waals surface area (Å²) in [4.78, 5) is 17.0. The van der Waals surface area contributed by atoms with Gasteiger partial charge in [-0.25, -0.2) is 4.98 Å². The van der Waals surface area contributed by atoms with Gasteiger partial charge < -0.3 is 11.1 Å². The number of imidazole rings is 1. The molecular weight excluding hydrogens is 272 g/mol. The van der Waals surface area contributed by atoms with Crippen molar-refractivity contribution in [2.45, 2.75) is 13.0 Å². The second kappa shape index (κ2) is 5.07. The molecule has 3 aromatic rings. The highest BCUT2D eigenvalue weighted by molar-refractivity contribution is 7.15. The SMILES string of the molecule is CC(N)C(=O)Nc1ccc(-c2cn3ccsc3n2)cc1. The molecule has 3 rings (SSSR count). The van der Waals surface area contributed by atoms with Gasteiger partial charge in [0.25, 0.3) is 0 Å². The highest BCUT2D eigenvalue weighted by Crippen LogP contribution is 2.23. The number of nitrogens with two attached hydrogens (primary N) is 1. The number of fused-ring (bicyclic) bond motifs is 1. The zero-order valence-corrected chi connectivity index (χ0v) is 11.7. The van der Waals surface area contributed by atoms with E-state index < -0.39 is 6.04 Å². The standard InChI is InChI=1S/C14H14N4OS/c1-9(15)13(19)16-11-4-2-10(3-5-11)12-8-18-6-7-20-14(18)17-12/h2-9H,15H2,1H3,(H,16,19). The molecule has 2 aromatic heterocycles. The van der Waals surface area contributed by atoms with Crippen LogP contribution in [0.3, 0.4) is 0 Å². The van der Waals surface area contributed by atoms with E-state index in [-0.39, 0.29) is 5.91 Å². The van der Waals surface area contributed by atoms with Gasteiger partial charge in [-0.3, -0.25) is 9.20 Å². The van der Waals surface area contributed by atoms with E-state index in [1.165, 1.54) is 0 Å². The second-order valence-electron chi connectivity index (χ2n) is 4.57. The van der Waals surface area contributed by atoms with Gasteiger partial charge >= 0.3 is 0 Å². The monoisotopic (exact) mass is 286 g/mol. The van der Waals surface area contributed by atoms with E-state index in [9.17, 15) is 4.79 Å². The zero-order valence-electron chi connectivity index (χ0n) is 10.9. The first-order valence-electron chi connectivity index (χ1n) is 6.22. The molecule has 0 spiro atoms. The van der Waals surface area contributed by atoms with E-state index in [4.69, 9.17) is 5.73 Å². The van der Waals surface area contributed by atoms with E-state index in [2.05, 4.69) is 10.3 Å². The fourth-order valence-electron chi connectivity index (χ4n) is 1.85. The third-order valence-corrected chi connectivity index (χ3v) is 3.73. The summed E-state index contributed by atoms with van der Waals surface area (Å²) in [5.74, 6) is -0.194. The predicted octanol–water partition coefficient (Wildman–Crippen LogP) is 2.35. The van der Waals surface area contributed by atoms with E-state index in [0.717, 1.165) is 21.9 Å². The molecule has 1 unspecified atom stereocenters. The molecule has 102 valence electrons. The summed E-state index contributed by atoms with van der Waals surface area (Å²) >= 11 is 1.60. The van der Waals surface area contributed by atoms with Crippen LogP contribution in [0.1, 0.15) is 6.92 Å². The first kappa shape index (κ1) is 12.8. The number of benzene rings is 1. The van der Waals surface area contributed by atoms with Crippen LogP contribution in [0.2, 0.25) is 0 Å². The van der Waals surface area contributed by atoms with Crippen LogP contribution in [0, 0.1) is 0 Å². The lowest BCUT2D eigenvalue weighted by Gasteiger charge is -2.07. The number of nitrogens with zero attached hydrogens (tertiary/aromatic N) is 2. The van der Waals surface area contributed by atoms with Crippen LogP contribution in [0.4, 0.5) is 5.69 Å². The highest BCUT2D eigenvalue weighted by atomic mass is 32.1. The molecule has 0 aliphatic rings. The Morgan fingerprint density at radius 1 is 1.40 bits per heavy atom. The minimum absolute atomic E-state index is 0.194. The molecule has 0 aliphatic heterocycles. The van der Waals surface area contributed by atoms with Crippen molar-refractivity contribution in [1.29, 1.82) is 0 Å². The number of hydrogen-bond acceptors (Lipinski definition) is 4. The quantitative estimate of drug-likeness (QED) is 0.776. The maximum atomic E-state index is 11.5. The summed E-state index contributed by atoms with van der Waals surface area (Å²) in [6.45, 7) is 1.65. The summed E-state index contributed by atoms with van der Waals surface area (Å²) in [5.41, 5.74) is 8.18. The Morgan fingerprint density at radius 3 is 2.80 bits per heavy atom. The van der Waals surface area contributed by atoms with E-state index in [0.29, 0.717) is 0 Å². The maximum Gasteiger partial charge on any atom is 0.240 e. The molecule has 0 saturated carbocycles. The van der Waals surface area contributed by atoms with Gasteiger partial charge in [-0.1, -0.05) is 12.1 Å². The van der Waals surface area contributed by atoms with Crippen LogP contribution >= 0.6 is 11.3 Å². The number of anilines is 1. The number of carbonyl (C=O) groups excluding carboxylic acids is 1. The van der Waals surface area contributed by atoms with Crippen LogP contribution in [-0.4, -0.2) is 21.3 Å². The molecule has 1 aromatic carbocycles. The van der Waals surface area contributed by atoms with Crippen molar-refractivity contribution in [3.05, 3.63) is 42.0 Å². The smallest absolute Gasteiger partial charge is 0.240 e. The predicted molar refractivity (Wildman–Crippen MR) is 80.8 cm³/mol. The number of aromatic nitrogens is 2. The van der Waals surface area contributed by atoms with Crippen LogP contribution in [0.5, 0.6) is 0 Å². The van der Waals surface area contributed by atoms with Gasteiger partial charge in [0.2, 0.25) is 5.91 Å². The first-order valence-corrected chi connectivity index (χ1v) is 7.10. The number of carbonyl (C=O) groups is 1. The lowest BCUT2D eigenvalue weighted by molar-refractivity contribution is -0.117. The molecule has 0 fully saturated rings. The highest BCUT2D eigenvalue weighted by Gasteiger charge is 2.08. The molecule has 0 saturated heterocycles. The van der Waals surface area contributed by atoms with Crippen molar-refractivity contribution in [2.24, 2.45) is 5.73 Å². The average molecular weight is 286 g/mol. The average Bonchev–Trinajstić information content (AvgIpc) is 3.00. The van der Waals surface area contributed by atoms with E-state index >= 15 is 0 Å². The number of thiazole rings is 1. The van der Waals surface area contributed by atoms with Crippen molar-refractivity contribution < 1.29 is 4.79 Å². The molecule has 1 amide bonds. The molecular formula is C14H14N4OS. The van der Waals surface area contributed by atoms with Crippen molar-refractivity contribution in [2.75, 3.05) is 5.32 Å². The third kappa shape index (κ3) is 2.43. The number of amides is 1. The first-order chi connectivity index (χ1) is 9.63. The van der Waals surface area contributed by atoms with Crippen molar-refractivity contribution in [1.82, 2.24) is 9.38 Å². The van der Waals surface area contributed by atoms with Crippen LogP contribution in [0.25, 0.3) is 16.2 Å². The minimum atomic E-state index is -0.519. The second-order valence-corrected chi connectivity index (χ2v) is 5.45. The molecule has 1 atom stereocenters. The molecule has 3 N–H and O–H groups in total. The Morgan fingerprint density at radius 2 is 2.15 bits per heavy atom. The fourth-order valence-corrected chi connectivity index (χ4v) is 2.55. The van der Waals surface area contributed by atoms with Crippen molar-refractivity contribution in [3.8, 4) is 11.3 Å². The fraction of sp³-hybridized carbons (Fsp3) is 0.143. The number of hydrogen-bond donors (Lipinski definition) is 2. The van der Waals surface area contributed by atoms with Gasteiger partial charge in [0.05, 0.1) is 11.7 Å². The van der Waals surface area contributed by atoms with Crippen LogP contribution in [-0.2, 0) is 4.79 Å². The van der Waals surface area contributed by atoms with Gasteiger partial charge in [-0.2, -0.15) is 0 Å².